The first-order chi connectivity index (χ1) is 12.1. The van der Waals surface area contributed by atoms with Gasteiger partial charge in [0.05, 0.1) is 0 Å². The maximum Gasteiger partial charge on any atom is 0.244 e. The lowest BCUT2D eigenvalue weighted by molar-refractivity contribution is -0.124. The van der Waals surface area contributed by atoms with Gasteiger partial charge in [0.25, 0.3) is 0 Å². The van der Waals surface area contributed by atoms with E-state index in [4.69, 9.17) is 0 Å². The molecule has 128 valence electrons. The number of carbonyl (C=O) groups is 1. The average molecular weight is 334 g/mol. The summed E-state index contributed by atoms with van der Waals surface area (Å²) < 4.78 is 1.55. The van der Waals surface area contributed by atoms with Crippen molar-refractivity contribution in [3.8, 4) is 0 Å². The molecule has 1 atom stereocenters. The average Bonchev–Trinajstić information content (AvgIpc) is 3.21. The van der Waals surface area contributed by atoms with Crippen LogP contribution < -0.4 is 5.32 Å². The molecule has 25 heavy (non-hydrogen) atoms. The summed E-state index contributed by atoms with van der Waals surface area (Å²) in [6.45, 7) is 4.46. The molecule has 0 spiro atoms. The third-order valence-corrected chi connectivity index (χ3v) is 4.65. The standard InChI is InChI=1S/C20H22N4O/c1-16(24-15-21-14-23-24)19(25)22-13-20(2,17-9-5-3-6-10-17)18-11-7-4-8-12-18/h3-12,14-16H,13H2,1-2H3,(H,22,25)/t16-/m0/s1. The van der Waals surface area contributed by atoms with Gasteiger partial charge in [0.15, 0.2) is 0 Å². The molecular weight excluding hydrogens is 312 g/mol. The molecule has 5 heteroatoms. The molecule has 2 aromatic carbocycles. The van der Waals surface area contributed by atoms with E-state index in [9.17, 15) is 4.79 Å². The first-order valence-corrected chi connectivity index (χ1v) is 8.34. The lowest BCUT2D eigenvalue weighted by Crippen LogP contribution is -2.42. The van der Waals surface area contributed by atoms with E-state index in [1.165, 1.54) is 6.33 Å². The van der Waals surface area contributed by atoms with Gasteiger partial charge in [-0.25, -0.2) is 9.67 Å². The number of nitrogens with zero attached hydrogens (tertiary/aromatic N) is 3. The third-order valence-electron chi connectivity index (χ3n) is 4.65. The Hall–Kier alpha value is -2.95. The lowest BCUT2D eigenvalue weighted by Gasteiger charge is -2.31. The van der Waals surface area contributed by atoms with Crippen molar-refractivity contribution < 1.29 is 4.79 Å². The minimum Gasteiger partial charge on any atom is -0.353 e. The Bertz CT molecular complexity index is 761. The van der Waals surface area contributed by atoms with Crippen molar-refractivity contribution in [2.75, 3.05) is 6.54 Å². The van der Waals surface area contributed by atoms with E-state index in [-0.39, 0.29) is 11.3 Å². The van der Waals surface area contributed by atoms with Gasteiger partial charge in [-0.1, -0.05) is 60.7 Å². The van der Waals surface area contributed by atoms with Crippen molar-refractivity contribution in [2.45, 2.75) is 25.3 Å². The van der Waals surface area contributed by atoms with Crippen LogP contribution in [0.2, 0.25) is 0 Å². The highest BCUT2D eigenvalue weighted by atomic mass is 16.2. The van der Waals surface area contributed by atoms with Crippen molar-refractivity contribution in [3.63, 3.8) is 0 Å². The zero-order valence-electron chi connectivity index (χ0n) is 14.5. The summed E-state index contributed by atoms with van der Waals surface area (Å²) >= 11 is 0. The van der Waals surface area contributed by atoms with Crippen molar-refractivity contribution in [2.24, 2.45) is 0 Å². The van der Waals surface area contributed by atoms with Crippen LogP contribution in [0.25, 0.3) is 0 Å². The van der Waals surface area contributed by atoms with E-state index in [0.29, 0.717) is 6.54 Å². The molecule has 0 bridgehead atoms. The second kappa shape index (κ2) is 7.30. The van der Waals surface area contributed by atoms with Gasteiger partial charge >= 0.3 is 0 Å². The molecule has 0 aliphatic rings. The molecule has 0 saturated carbocycles. The van der Waals surface area contributed by atoms with Gasteiger partial charge in [-0.3, -0.25) is 4.79 Å². The van der Waals surface area contributed by atoms with Crippen molar-refractivity contribution >= 4 is 5.91 Å². The van der Waals surface area contributed by atoms with Gasteiger partial charge in [-0.05, 0) is 25.0 Å². The van der Waals surface area contributed by atoms with E-state index >= 15 is 0 Å². The zero-order valence-corrected chi connectivity index (χ0v) is 14.5. The molecule has 0 saturated heterocycles. The van der Waals surface area contributed by atoms with Gasteiger partial charge in [0.1, 0.15) is 18.7 Å². The Labute approximate surface area is 147 Å². The molecule has 0 radical (unpaired) electrons. The van der Waals surface area contributed by atoms with Crippen LogP contribution in [0.3, 0.4) is 0 Å². The minimum atomic E-state index is -0.404. The fourth-order valence-corrected chi connectivity index (χ4v) is 2.93. The molecule has 0 aliphatic carbocycles. The van der Waals surface area contributed by atoms with Crippen LogP contribution >= 0.6 is 0 Å². The summed E-state index contributed by atoms with van der Waals surface area (Å²) in [4.78, 5) is 16.5. The Morgan fingerprint density at radius 2 is 1.64 bits per heavy atom. The molecule has 5 nitrogen and oxygen atoms in total. The Balaban J connectivity index is 1.83. The largest absolute Gasteiger partial charge is 0.353 e. The molecule has 3 rings (SSSR count). The summed E-state index contributed by atoms with van der Waals surface area (Å²) in [5.41, 5.74) is 2.00. The number of amides is 1. The number of carbonyl (C=O) groups excluding carboxylic acids is 1. The molecule has 1 amide bonds. The number of nitrogens with one attached hydrogen (secondary N) is 1. The predicted octanol–water partition coefficient (Wildman–Crippen LogP) is 2.96. The van der Waals surface area contributed by atoms with E-state index < -0.39 is 6.04 Å². The van der Waals surface area contributed by atoms with Crippen LogP contribution in [0.5, 0.6) is 0 Å². The first-order valence-electron chi connectivity index (χ1n) is 8.34. The van der Waals surface area contributed by atoms with E-state index in [2.05, 4.69) is 46.6 Å². The van der Waals surface area contributed by atoms with Gasteiger partial charge in [-0.15, -0.1) is 0 Å². The molecule has 0 fully saturated rings. The normalized spacial score (nSPS) is 12.6. The predicted molar refractivity (Wildman–Crippen MR) is 97.1 cm³/mol. The Kier molecular flexibility index (Phi) is 4.93. The summed E-state index contributed by atoms with van der Waals surface area (Å²) in [7, 11) is 0. The summed E-state index contributed by atoms with van der Waals surface area (Å²) in [6.07, 6.45) is 2.99. The quantitative estimate of drug-likeness (QED) is 0.754. The SMILES string of the molecule is C[C@@H](C(=O)NCC(C)(c1ccccc1)c1ccccc1)n1cncn1. The zero-order chi connectivity index (χ0) is 17.7. The van der Waals surface area contributed by atoms with Crippen LogP contribution in [0.4, 0.5) is 0 Å². The third kappa shape index (κ3) is 3.60. The second-order valence-electron chi connectivity index (χ2n) is 6.33. The van der Waals surface area contributed by atoms with Crippen LogP contribution in [0.1, 0.15) is 31.0 Å². The van der Waals surface area contributed by atoms with Crippen LogP contribution in [0.15, 0.2) is 73.3 Å². The number of hydrogen-bond donors (Lipinski definition) is 1. The molecular formula is C20H22N4O. The highest BCUT2D eigenvalue weighted by Crippen LogP contribution is 2.31. The smallest absolute Gasteiger partial charge is 0.244 e. The molecule has 0 unspecified atom stereocenters. The van der Waals surface area contributed by atoms with Gasteiger partial charge in [-0.2, -0.15) is 5.10 Å². The number of aromatic nitrogens is 3. The fraction of sp³-hybridized carbons (Fsp3) is 0.250. The molecule has 1 N–H and O–H groups in total. The van der Waals surface area contributed by atoms with Crippen molar-refractivity contribution in [3.05, 3.63) is 84.4 Å². The topological polar surface area (TPSA) is 59.8 Å². The van der Waals surface area contributed by atoms with Crippen molar-refractivity contribution in [1.82, 2.24) is 20.1 Å². The first kappa shape index (κ1) is 16.9. The van der Waals surface area contributed by atoms with Gasteiger partial charge in [0.2, 0.25) is 5.91 Å². The monoisotopic (exact) mass is 334 g/mol. The van der Waals surface area contributed by atoms with E-state index in [1.807, 2.05) is 43.3 Å². The van der Waals surface area contributed by atoms with E-state index in [0.717, 1.165) is 11.1 Å². The number of benzene rings is 2. The Morgan fingerprint density at radius 1 is 1.08 bits per heavy atom. The van der Waals surface area contributed by atoms with Gasteiger partial charge in [0, 0.05) is 12.0 Å². The van der Waals surface area contributed by atoms with E-state index in [1.54, 1.807) is 11.0 Å². The van der Waals surface area contributed by atoms with Crippen molar-refractivity contribution in [1.29, 1.82) is 0 Å². The number of rotatable bonds is 6. The van der Waals surface area contributed by atoms with Crippen LogP contribution in [-0.4, -0.2) is 27.2 Å². The highest BCUT2D eigenvalue weighted by Gasteiger charge is 2.30. The summed E-state index contributed by atoms with van der Waals surface area (Å²) in [6, 6.07) is 20.1. The lowest BCUT2D eigenvalue weighted by atomic mass is 9.76. The molecule has 1 aromatic heterocycles. The van der Waals surface area contributed by atoms with Crippen LogP contribution in [-0.2, 0) is 10.2 Å². The minimum absolute atomic E-state index is 0.0800. The number of hydrogen-bond acceptors (Lipinski definition) is 3. The van der Waals surface area contributed by atoms with Gasteiger partial charge < -0.3 is 5.32 Å². The van der Waals surface area contributed by atoms with Crippen LogP contribution in [0, 0.1) is 0 Å². The maximum absolute atomic E-state index is 12.6. The molecule has 1 heterocycles. The Morgan fingerprint density at radius 3 is 2.12 bits per heavy atom. The summed E-state index contributed by atoms with van der Waals surface area (Å²) in [5.74, 6) is -0.0800. The highest BCUT2D eigenvalue weighted by molar-refractivity contribution is 5.79. The molecule has 3 aromatic rings. The maximum atomic E-state index is 12.6. The molecule has 0 aliphatic heterocycles. The fourth-order valence-electron chi connectivity index (χ4n) is 2.93. The second-order valence-corrected chi connectivity index (χ2v) is 6.33. The summed E-state index contributed by atoms with van der Waals surface area (Å²) in [5, 5.41) is 7.12.